The molecular weight excluding hydrogens is 208 g/mol. The maximum absolute atomic E-state index is 10.5. The van der Waals surface area contributed by atoms with Crippen molar-refractivity contribution in [2.75, 3.05) is 0 Å². The lowest BCUT2D eigenvalue weighted by molar-refractivity contribution is 0.224. The fourth-order valence-corrected chi connectivity index (χ4v) is 0.989. The summed E-state index contributed by atoms with van der Waals surface area (Å²) in [6.07, 6.45) is 0. The number of ether oxygens (including phenoxy) is 1. The Hall–Kier alpha value is -1.54. The van der Waals surface area contributed by atoms with E-state index in [-0.39, 0.29) is 17.4 Å². The minimum atomic E-state index is -1.02. The van der Waals surface area contributed by atoms with Crippen molar-refractivity contribution in [1.82, 2.24) is 5.16 Å². The molecule has 5 nitrogen and oxygen atoms in total. The molecule has 0 aliphatic rings. The van der Waals surface area contributed by atoms with Crippen molar-refractivity contribution in [3.63, 3.8) is 0 Å². The molecule has 0 aromatic carbocycles. The first-order valence-electron chi connectivity index (χ1n) is 3.83. The van der Waals surface area contributed by atoms with E-state index in [9.17, 15) is 4.79 Å². The number of nitriles is 1. The number of hydrogen-bond acceptors (Lipinski definition) is 5. The monoisotopic (exact) mass is 214 g/mol. The van der Waals surface area contributed by atoms with E-state index >= 15 is 0 Å². The van der Waals surface area contributed by atoms with Gasteiger partial charge in [-0.05, 0) is 0 Å². The van der Waals surface area contributed by atoms with Gasteiger partial charge in [-0.1, -0.05) is 19.0 Å². The van der Waals surface area contributed by atoms with Gasteiger partial charge in [0, 0.05) is 17.5 Å². The van der Waals surface area contributed by atoms with Crippen molar-refractivity contribution < 1.29 is 14.1 Å². The van der Waals surface area contributed by atoms with Crippen molar-refractivity contribution in [2.45, 2.75) is 19.8 Å². The highest BCUT2D eigenvalue weighted by molar-refractivity contribution is 6.61. The molecule has 1 aromatic heterocycles. The standard InChI is InChI=1S/C8H7ClN2O3/c1-4(2)6-7(13-8(9)12)5(3-10)14-11-6/h4H,1-2H3. The molecule has 1 heterocycles. The van der Waals surface area contributed by atoms with Crippen LogP contribution < -0.4 is 4.74 Å². The van der Waals surface area contributed by atoms with Crippen LogP contribution in [0, 0.1) is 11.3 Å². The van der Waals surface area contributed by atoms with E-state index in [0.717, 1.165) is 0 Å². The van der Waals surface area contributed by atoms with Gasteiger partial charge in [0.2, 0.25) is 5.75 Å². The van der Waals surface area contributed by atoms with Crippen LogP contribution in [0.15, 0.2) is 4.52 Å². The minimum absolute atomic E-state index is 0.00231. The first-order chi connectivity index (χ1) is 6.56. The topological polar surface area (TPSA) is 76.1 Å². The summed E-state index contributed by atoms with van der Waals surface area (Å²) in [6.45, 7) is 3.65. The molecule has 6 heteroatoms. The van der Waals surface area contributed by atoms with Gasteiger partial charge in [-0.2, -0.15) is 5.26 Å². The van der Waals surface area contributed by atoms with Gasteiger partial charge < -0.3 is 9.26 Å². The normalized spacial score (nSPS) is 9.93. The zero-order valence-corrected chi connectivity index (χ0v) is 8.33. The highest BCUT2D eigenvalue weighted by Gasteiger charge is 2.21. The first kappa shape index (κ1) is 10.5. The molecule has 0 saturated heterocycles. The summed E-state index contributed by atoms with van der Waals surface area (Å²) in [7, 11) is 0. The lowest BCUT2D eigenvalue weighted by Crippen LogP contribution is -2.00. The van der Waals surface area contributed by atoms with Crippen molar-refractivity contribution in [2.24, 2.45) is 0 Å². The largest absolute Gasteiger partial charge is 0.409 e. The molecule has 74 valence electrons. The predicted molar refractivity (Wildman–Crippen MR) is 47.2 cm³/mol. The summed E-state index contributed by atoms with van der Waals surface area (Å²) in [5, 5.41) is 12.2. The lowest BCUT2D eigenvalue weighted by atomic mass is 10.1. The van der Waals surface area contributed by atoms with E-state index in [1.54, 1.807) is 6.07 Å². The maximum atomic E-state index is 10.5. The maximum Gasteiger partial charge on any atom is 0.409 e. The number of hydrogen-bond donors (Lipinski definition) is 0. The Morgan fingerprint density at radius 1 is 1.71 bits per heavy atom. The Labute approximate surface area is 85.2 Å². The summed E-state index contributed by atoms with van der Waals surface area (Å²) in [4.78, 5) is 10.5. The van der Waals surface area contributed by atoms with Crippen molar-refractivity contribution in [3.8, 4) is 11.8 Å². The molecule has 0 saturated carbocycles. The van der Waals surface area contributed by atoms with Gasteiger partial charge in [-0.15, -0.1) is 0 Å². The molecular formula is C8H7ClN2O3. The van der Waals surface area contributed by atoms with Gasteiger partial charge >= 0.3 is 5.43 Å². The van der Waals surface area contributed by atoms with Crippen LogP contribution in [0.4, 0.5) is 4.79 Å². The SMILES string of the molecule is CC(C)c1noc(C#N)c1OC(=O)Cl. The van der Waals surface area contributed by atoms with Crippen LogP contribution in [-0.4, -0.2) is 10.6 Å². The average molecular weight is 215 g/mol. The van der Waals surface area contributed by atoms with Crippen LogP contribution in [0.1, 0.15) is 31.2 Å². The van der Waals surface area contributed by atoms with Crippen LogP contribution in [0.25, 0.3) is 0 Å². The van der Waals surface area contributed by atoms with Crippen molar-refractivity contribution >= 4 is 17.0 Å². The van der Waals surface area contributed by atoms with Gasteiger partial charge in [0.25, 0.3) is 5.76 Å². The minimum Gasteiger partial charge on any atom is -0.407 e. The third-order valence-electron chi connectivity index (χ3n) is 1.50. The van der Waals surface area contributed by atoms with Gasteiger partial charge in [-0.25, -0.2) is 4.79 Å². The number of halogens is 1. The number of rotatable bonds is 2. The van der Waals surface area contributed by atoms with Crippen LogP contribution in [-0.2, 0) is 0 Å². The van der Waals surface area contributed by atoms with Gasteiger partial charge in [0.05, 0.1) is 0 Å². The molecule has 0 fully saturated rings. The van der Waals surface area contributed by atoms with Crippen molar-refractivity contribution in [3.05, 3.63) is 11.5 Å². The van der Waals surface area contributed by atoms with Crippen LogP contribution >= 0.6 is 11.6 Å². The fraction of sp³-hybridized carbons (Fsp3) is 0.375. The molecule has 0 N–H and O–H groups in total. The Bertz CT molecular complexity index is 392. The van der Waals surface area contributed by atoms with Crippen LogP contribution in [0.5, 0.6) is 5.75 Å². The molecule has 0 bridgehead atoms. The van der Waals surface area contributed by atoms with E-state index in [0.29, 0.717) is 5.69 Å². The second-order valence-electron chi connectivity index (χ2n) is 2.83. The molecule has 0 radical (unpaired) electrons. The van der Waals surface area contributed by atoms with E-state index in [2.05, 4.69) is 14.4 Å². The van der Waals surface area contributed by atoms with Crippen molar-refractivity contribution in [1.29, 1.82) is 5.26 Å². The van der Waals surface area contributed by atoms with Crippen LogP contribution in [0.3, 0.4) is 0 Å². The molecule has 1 rings (SSSR count). The Morgan fingerprint density at radius 3 is 2.79 bits per heavy atom. The third kappa shape index (κ3) is 2.03. The molecule has 1 aromatic rings. The second-order valence-corrected chi connectivity index (χ2v) is 3.14. The van der Waals surface area contributed by atoms with Crippen LogP contribution in [0.2, 0.25) is 0 Å². The Kier molecular flexibility index (Phi) is 3.10. The van der Waals surface area contributed by atoms with Gasteiger partial charge in [0.1, 0.15) is 11.8 Å². The number of nitrogens with zero attached hydrogens (tertiary/aromatic N) is 2. The lowest BCUT2D eigenvalue weighted by Gasteiger charge is -2.01. The first-order valence-corrected chi connectivity index (χ1v) is 4.21. The summed E-state index contributed by atoms with van der Waals surface area (Å²) in [6, 6.07) is 1.71. The molecule has 0 unspecified atom stereocenters. The zero-order chi connectivity index (χ0) is 10.7. The molecule has 0 aliphatic carbocycles. The smallest absolute Gasteiger partial charge is 0.407 e. The third-order valence-corrected chi connectivity index (χ3v) is 1.58. The Balaban J connectivity index is 3.14. The molecule has 0 amide bonds. The number of carbonyl (C=O) groups is 1. The van der Waals surface area contributed by atoms with Gasteiger partial charge in [0.15, 0.2) is 0 Å². The van der Waals surface area contributed by atoms with E-state index in [1.807, 2.05) is 13.8 Å². The molecule has 0 spiro atoms. The molecule has 0 atom stereocenters. The number of aromatic nitrogens is 1. The molecule has 0 aliphatic heterocycles. The zero-order valence-electron chi connectivity index (χ0n) is 7.57. The van der Waals surface area contributed by atoms with Gasteiger partial charge in [-0.3, -0.25) is 0 Å². The summed E-state index contributed by atoms with van der Waals surface area (Å²) in [5.74, 6) is -0.169. The summed E-state index contributed by atoms with van der Waals surface area (Å²) in [5.41, 5.74) is -0.623. The van der Waals surface area contributed by atoms with E-state index in [1.165, 1.54) is 0 Å². The van der Waals surface area contributed by atoms with E-state index < -0.39 is 5.43 Å². The quantitative estimate of drug-likeness (QED) is 0.707. The summed E-state index contributed by atoms with van der Waals surface area (Å²) >= 11 is 5.03. The van der Waals surface area contributed by atoms with E-state index in [4.69, 9.17) is 16.9 Å². The second kappa shape index (κ2) is 4.11. The molecule has 14 heavy (non-hydrogen) atoms. The highest BCUT2D eigenvalue weighted by atomic mass is 35.5. The highest BCUT2D eigenvalue weighted by Crippen LogP contribution is 2.29. The predicted octanol–water partition coefficient (Wildman–Crippen LogP) is 2.41. The summed E-state index contributed by atoms with van der Waals surface area (Å²) < 4.78 is 9.28. The average Bonchev–Trinajstić information content (AvgIpc) is 2.46. The fourth-order valence-electron chi connectivity index (χ4n) is 0.912. The Morgan fingerprint density at radius 2 is 2.36 bits per heavy atom. The number of carbonyl (C=O) groups excluding carboxylic acids is 1.